The molecule has 2 heterocycles. The smallest absolute Gasteiger partial charge is 0.419 e. The molecule has 0 bridgehead atoms. The van der Waals surface area contributed by atoms with Crippen molar-refractivity contribution in [2.45, 2.75) is 25.8 Å². The van der Waals surface area contributed by atoms with Crippen molar-refractivity contribution in [1.29, 1.82) is 0 Å². The molecule has 4 rings (SSSR count). The van der Waals surface area contributed by atoms with E-state index in [9.17, 15) is 19.2 Å². The summed E-state index contributed by atoms with van der Waals surface area (Å²) in [6, 6.07) is 13.3. The van der Waals surface area contributed by atoms with E-state index in [1.165, 1.54) is 10.6 Å². The lowest BCUT2D eigenvalue weighted by atomic mass is 10.2. The van der Waals surface area contributed by atoms with Crippen LogP contribution in [0.2, 0.25) is 0 Å². The Kier molecular flexibility index (Phi) is 4.99. The van der Waals surface area contributed by atoms with Crippen LogP contribution in [0.5, 0.6) is 0 Å². The van der Waals surface area contributed by atoms with E-state index in [1.807, 2.05) is 6.07 Å². The molecule has 0 spiro atoms. The number of oxazole rings is 1. The second-order valence-corrected chi connectivity index (χ2v) is 6.65. The lowest BCUT2D eigenvalue weighted by Gasteiger charge is -2.14. The number of amides is 2. The fourth-order valence-electron chi connectivity index (χ4n) is 3.33. The molecule has 2 amide bonds. The number of nitrogens with zero attached hydrogens (tertiary/aromatic N) is 2. The second-order valence-electron chi connectivity index (χ2n) is 6.65. The van der Waals surface area contributed by atoms with Crippen molar-refractivity contribution in [3.05, 3.63) is 64.6 Å². The van der Waals surface area contributed by atoms with Gasteiger partial charge < -0.3 is 9.15 Å². The first-order valence-electron chi connectivity index (χ1n) is 9.26. The standard InChI is InChI=1S/C21H18N2O6/c24-18-9-10-19(25)23(18)15-6-3-5-14(13-15)20(26)28-12-4-11-22-16-7-1-2-8-17(16)29-21(22)27/h1-3,5-8,13H,4,9-12H2. The maximum absolute atomic E-state index is 12.3. The first-order valence-corrected chi connectivity index (χ1v) is 9.26. The molecule has 1 aromatic heterocycles. The highest BCUT2D eigenvalue weighted by Gasteiger charge is 2.30. The predicted molar refractivity (Wildman–Crippen MR) is 104 cm³/mol. The normalized spacial score (nSPS) is 14.0. The summed E-state index contributed by atoms with van der Waals surface area (Å²) in [5.41, 5.74) is 1.82. The number of imide groups is 1. The molecule has 3 aromatic rings. The number of aryl methyl sites for hydroxylation is 1. The van der Waals surface area contributed by atoms with Gasteiger partial charge in [-0.05, 0) is 36.8 Å². The summed E-state index contributed by atoms with van der Waals surface area (Å²) < 4.78 is 11.9. The number of anilines is 1. The third-order valence-corrected chi connectivity index (χ3v) is 4.72. The monoisotopic (exact) mass is 394 g/mol. The summed E-state index contributed by atoms with van der Waals surface area (Å²) in [7, 11) is 0. The summed E-state index contributed by atoms with van der Waals surface area (Å²) in [4.78, 5) is 49.1. The molecule has 29 heavy (non-hydrogen) atoms. The van der Waals surface area contributed by atoms with Crippen molar-refractivity contribution in [3.8, 4) is 0 Å². The molecular formula is C21H18N2O6. The van der Waals surface area contributed by atoms with E-state index in [0.717, 1.165) is 4.90 Å². The molecule has 0 unspecified atom stereocenters. The van der Waals surface area contributed by atoms with Crippen molar-refractivity contribution < 1.29 is 23.5 Å². The number of para-hydroxylation sites is 2. The van der Waals surface area contributed by atoms with Gasteiger partial charge in [0.2, 0.25) is 11.8 Å². The minimum atomic E-state index is -0.560. The molecule has 0 aliphatic carbocycles. The second kappa shape index (κ2) is 7.75. The molecule has 8 heteroatoms. The number of hydrogen-bond acceptors (Lipinski definition) is 6. The minimum Gasteiger partial charge on any atom is -0.462 e. The van der Waals surface area contributed by atoms with E-state index in [1.54, 1.807) is 36.4 Å². The molecule has 8 nitrogen and oxygen atoms in total. The maximum atomic E-state index is 12.3. The Labute approximate surface area is 165 Å². The average Bonchev–Trinajstić information content (AvgIpc) is 3.23. The topological polar surface area (TPSA) is 98.8 Å². The van der Waals surface area contributed by atoms with Crippen LogP contribution in [0.25, 0.3) is 11.1 Å². The molecule has 1 saturated heterocycles. The molecule has 0 N–H and O–H groups in total. The number of carbonyl (C=O) groups is 3. The van der Waals surface area contributed by atoms with Gasteiger partial charge in [0.15, 0.2) is 5.58 Å². The lowest BCUT2D eigenvalue weighted by Crippen LogP contribution is -2.28. The Morgan fingerprint density at radius 3 is 2.55 bits per heavy atom. The van der Waals surface area contributed by atoms with Crippen molar-refractivity contribution in [2.75, 3.05) is 11.5 Å². The largest absolute Gasteiger partial charge is 0.462 e. The van der Waals surface area contributed by atoms with Crippen LogP contribution in [-0.2, 0) is 20.9 Å². The molecule has 0 atom stereocenters. The van der Waals surface area contributed by atoms with Gasteiger partial charge in [-0.15, -0.1) is 0 Å². The summed E-state index contributed by atoms with van der Waals surface area (Å²) in [5, 5.41) is 0. The van der Waals surface area contributed by atoms with E-state index >= 15 is 0 Å². The fourth-order valence-corrected chi connectivity index (χ4v) is 3.33. The van der Waals surface area contributed by atoms with Crippen molar-refractivity contribution in [2.24, 2.45) is 0 Å². The molecule has 0 radical (unpaired) electrons. The van der Waals surface area contributed by atoms with Crippen LogP contribution in [0.4, 0.5) is 5.69 Å². The predicted octanol–water partition coefficient (Wildman–Crippen LogP) is 2.50. The van der Waals surface area contributed by atoms with Gasteiger partial charge in [0, 0.05) is 19.4 Å². The molecule has 2 aromatic carbocycles. The molecule has 0 saturated carbocycles. The summed E-state index contributed by atoms with van der Waals surface area (Å²) in [6.45, 7) is 0.455. The number of ether oxygens (including phenoxy) is 1. The maximum Gasteiger partial charge on any atom is 0.419 e. The van der Waals surface area contributed by atoms with Gasteiger partial charge in [-0.25, -0.2) is 9.59 Å². The first-order chi connectivity index (χ1) is 14.0. The van der Waals surface area contributed by atoms with Crippen LogP contribution in [0.3, 0.4) is 0 Å². The number of benzene rings is 2. The van der Waals surface area contributed by atoms with Gasteiger partial charge in [0.05, 0.1) is 23.4 Å². The molecule has 148 valence electrons. The van der Waals surface area contributed by atoms with Crippen LogP contribution >= 0.6 is 0 Å². The van der Waals surface area contributed by atoms with Crippen LogP contribution in [0, 0.1) is 0 Å². The van der Waals surface area contributed by atoms with Crippen molar-refractivity contribution in [1.82, 2.24) is 4.57 Å². The van der Waals surface area contributed by atoms with Crippen LogP contribution in [0.15, 0.2) is 57.7 Å². The van der Waals surface area contributed by atoms with Gasteiger partial charge in [-0.3, -0.25) is 19.1 Å². The minimum absolute atomic E-state index is 0.108. The Balaban J connectivity index is 1.37. The highest BCUT2D eigenvalue weighted by Crippen LogP contribution is 2.23. The van der Waals surface area contributed by atoms with Crippen LogP contribution in [0.1, 0.15) is 29.6 Å². The summed E-state index contributed by atoms with van der Waals surface area (Å²) >= 11 is 0. The van der Waals surface area contributed by atoms with E-state index in [4.69, 9.17) is 9.15 Å². The fraction of sp³-hybridized carbons (Fsp3) is 0.238. The van der Waals surface area contributed by atoms with Gasteiger partial charge in [-0.1, -0.05) is 18.2 Å². The van der Waals surface area contributed by atoms with Crippen molar-refractivity contribution >= 4 is 34.6 Å². The zero-order chi connectivity index (χ0) is 20.4. The highest BCUT2D eigenvalue weighted by molar-refractivity contribution is 6.20. The number of rotatable bonds is 6. The average molecular weight is 394 g/mol. The van der Waals surface area contributed by atoms with E-state index in [2.05, 4.69) is 0 Å². The summed E-state index contributed by atoms with van der Waals surface area (Å²) in [5.74, 6) is -1.57. The molecule has 1 aliphatic rings. The quantitative estimate of drug-likeness (QED) is 0.362. The zero-order valence-electron chi connectivity index (χ0n) is 15.5. The van der Waals surface area contributed by atoms with E-state index in [0.29, 0.717) is 29.8 Å². The van der Waals surface area contributed by atoms with Gasteiger partial charge in [0.25, 0.3) is 0 Å². The number of hydrogen-bond donors (Lipinski definition) is 0. The summed E-state index contributed by atoms with van der Waals surface area (Å²) in [6.07, 6.45) is 0.781. The zero-order valence-corrected chi connectivity index (χ0v) is 15.5. The Bertz CT molecular complexity index is 1140. The third kappa shape index (κ3) is 3.69. The Morgan fingerprint density at radius 2 is 1.76 bits per heavy atom. The highest BCUT2D eigenvalue weighted by atomic mass is 16.5. The number of aromatic nitrogens is 1. The lowest BCUT2D eigenvalue weighted by molar-refractivity contribution is -0.121. The van der Waals surface area contributed by atoms with Gasteiger partial charge in [0.1, 0.15) is 0 Å². The Morgan fingerprint density at radius 1 is 1.00 bits per heavy atom. The SMILES string of the molecule is O=C(OCCCn1c(=O)oc2ccccc21)c1cccc(N2C(=O)CCC2=O)c1. The molecule has 1 aliphatic heterocycles. The number of carbonyl (C=O) groups excluding carboxylic acids is 3. The van der Waals surface area contributed by atoms with Gasteiger partial charge >= 0.3 is 11.7 Å². The first kappa shape index (κ1) is 18.7. The van der Waals surface area contributed by atoms with Crippen LogP contribution in [-0.4, -0.2) is 29.0 Å². The van der Waals surface area contributed by atoms with Gasteiger partial charge in [-0.2, -0.15) is 0 Å². The number of esters is 1. The van der Waals surface area contributed by atoms with E-state index in [-0.39, 0.29) is 36.8 Å². The Hall–Kier alpha value is -3.68. The van der Waals surface area contributed by atoms with Crippen LogP contribution < -0.4 is 10.7 Å². The number of fused-ring (bicyclic) bond motifs is 1. The van der Waals surface area contributed by atoms with E-state index < -0.39 is 11.7 Å². The molecular weight excluding hydrogens is 376 g/mol. The van der Waals surface area contributed by atoms with Crippen molar-refractivity contribution in [3.63, 3.8) is 0 Å². The molecule has 1 fully saturated rings. The third-order valence-electron chi connectivity index (χ3n) is 4.72.